The molecule has 0 aliphatic carbocycles. The summed E-state index contributed by atoms with van der Waals surface area (Å²) in [5.41, 5.74) is 0.916. The van der Waals surface area contributed by atoms with Gasteiger partial charge in [-0.05, 0) is 38.7 Å². The van der Waals surface area contributed by atoms with E-state index < -0.39 is 0 Å². The van der Waals surface area contributed by atoms with E-state index in [4.69, 9.17) is 0 Å². The normalized spacial score (nSPS) is 12.7. The van der Waals surface area contributed by atoms with Crippen molar-refractivity contribution in [2.75, 3.05) is 5.75 Å². The van der Waals surface area contributed by atoms with E-state index in [9.17, 15) is 9.59 Å². The van der Waals surface area contributed by atoms with Crippen molar-refractivity contribution in [1.29, 1.82) is 0 Å². The van der Waals surface area contributed by atoms with E-state index in [1.807, 2.05) is 13.8 Å². The largest absolute Gasteiger partial charge is 0.353 e. The zero-order valence-electron chi connectivity index (χ0n) is 16.3. The molecule has 0 aliphatic rings. The molecule has 2 aromatic rings. The molecule has 0 aliphatic heterocycles. The van der Waals surface area contributed by atoms with Crippen LogP contribution in [0.2, 0.25) is 0 Å². The Bertz CT molecular complexity index is 811. The fourth-order valence-electron chi connectivity index (χ4n) is 2.83. The molecule has 2 aromatic heterocycles. The summed E-state index contributed by atoms with van der Waals surface area (Å²) in [5.74, 6) is 2.27. The first-order chi connectivity index (χ1) is 12.3. The van der Waals surface area contributed by atoms with Gasteiger partial charge in [-0.3, -0.25) is 9.59 Å². The van der Waals surface area contributed by atoms with Gasteiger partial charge in [-0.25, -0.2) is 4.98 Å². The van der Waals surface area contributed by atoms with Crippen molar-refractivity contribution in [2.24, 2.45) is 5.92 Å². The zero-order valence-corrected chi connectivity index (χ0v) is 17.9. The highest BCUT2D eigenvalue weighted by Gasteiger charge is 2.13. The van der Waals surface area contributed by atoms with Gasteiger partial charge in [0.2, 0.25) is 5.91 Å². The Kier molecular flexibility index (Phi) is 7.70. The molecule has 0 bridgehead atoms. The average Bonchev–Trinajstić information content (AvgIpc) is 2.81. The number of hydrogen-bond acceptors (Lipinski definition) is 5. The summed E-state index contributed by atoms with van der Waals surface area (Å²) in [6.07, 6.45) is 3.34. The standard InChI is InChI=1S/C19H29N3O2S2/c1-11(2)7-6-8-12(3)20-16(23)10-25-9-15-21-18(24)17-13(4)14(5)26-19(17)22-15/h11-12H,6-10H2,1-5H3,(H,20,23)(H,21,22,24)/t12-/m1/s1. The number of amides is 1. The van der Waals surface area contributed by atoms with Crippen LogP contribution in [0.5, 0.6) is 0 Å². The van der Waals surface area contributed by atoms with Crippen molar-refractivity contribution < 1.29 is 4.79 Å². The second-order valence-electron chi connectivity index (χ2n) is 7.26. The number of H-pyrrole nitrogens is 1. The fourth-order valence-corrected chi connectivity index (χ4v) is 4.58. The van der Waals surface area contributed by atoms with Gasteiger partial charge in [0.1, 0.15) is 10.7 Å². The molecule has 1 amide bonds. The summed E-state index contributed by atoms with van der Waals surface area (Å²) in [4.78, 5) is 33.6. The molecule has 26 heavy (non-hydrogen) atoms. The van der Waals surface area contributed by atoms with E-state index in [1.54, 1.807) is 11.3 Å². The number of thiophene rings is 1. The SMILES string of the molecule is Cc1sc2nc(CSCC(=O)N[C@H](C)CCCC(C)C)[nH]c(=O)c2c1C. The van der Waals surface area contributed by atoms with Gasteiger partial charge in [0, 0.05) is 10.9 Å². The minimum absolute atomic E-state index is 0.0401. The number of nitrogens with zero attached hydrogens (tertiary/aromatic N) is 1. The zero-order chi connectivity index (χ0) is 19.3. The van der Waals surface area contributed by atoms with Crippen LogP contribution in [0.25, 0.3) is 10.2 Å². The Balaban J connectivity index is 1.81. The fraction of sp³-hybridized carbons (Fsp3) is 0.632. The van der Waals surface area contributed by atoms with Gasteiger partial charge in [0.25, 0.3) is 5.56 Å². The Morgan fingerprint density at radius 3 is 2.69 bits per heavy atom. The molecule has 0 spiro atoms. The highest BCUT2D eigenvalue weighted by molar-refractivity contribution is 7.99. The number of nitrogens with one attached hydrogen (secondary N) is 2. The summed E-state index contributed by atoms with van der Waals surface area (Å²) in [6, 6.07) is 0.202. The van der Waals surface area contributed by atoms with E-state index >= 15 is 0 Å². The molecule has 144 valence electrons. The van der Waals surface area contributed by atoms with E-state index in [2.05, 4.69) is 36.1 Å². The Labute approximate surface area is 163 Å². The van der Waals surface area contributed by atoms with Crippen molar-refractivity contribution in [1.82, 2.24) is 15.3 Å². The van der Waals surface area contributed by atoms with Crippen molar-refractivity contribution in [3.63, 3.8) is 0 Å². The van der Waals surface area contributed by atoms with Crippen LogP contribution in [0.4, 0.5) is 0 Å². The lowest BCUT2D eigenvalue weighted by atomic mass is 10.0. The van der Waals surface area contributed by atoms with Crippen LogP contribution in [0.3, 0.4) is 0 Å². The van der Waals surface area contributed by atoms with Crippen molar-refractivity contribution in [3.8, 4) is 0 Å². The highest BCUT2D eigenvalue weighted by atomic mass is 32.2. The third-order valence-corrected chi connectivity index (χ3v) is 6.43. The number of thioether (sulfide) groups is 1. The van der Waals surface area contributed by atoms with E-state index in [0.717, 1.165) is 28.1 Å². The number of fused-ring (bicyclic) bond motifs is 1. The lowest BCUT2D eigenvalue weighted by molar-refractivity contribution is -0.119. The molecule has 0 unspecified atom stereocenters. The number of aryl methyl sites for hydroxylation is 2. The topological polar surface area (TPSA) is 74.8 Å². The number of hydrogen-bond donors (Lipinski definition) is 2. The molecular weight excluding hydrogens is 366 g/mol. The molecular formula is C19H29N3O2S2. The second-order valence-corrected chi connectivity index (χ2v) is 9.45. The summed E-state index contributed by atoms with van der Waals surface area (Å²) >= 11 is 3.02. The molecule has 0 aromatic carbocycles. The number of aromatic nitrogens is 2. The van der Waals surface area contributed by atoms with Crippen molar-refractivity contribution >= 4 is 39.2 Å². The van der Waals surface area contributed by atoms with Crippen molar-refractivity contribution in [2.45, 2.75) is 65.7 Å². The third-order valence-electron chi connectivity index (χ3n) is 4.39. The molecule has 0 radical (unpaired) electrons. The van der Waals surface area contributed by atoms with Gasteiger partial charge in [-0.15, -0.1) is 23.1 Å². The van der Waals surface area contributed by atoms with Gasteiger partial charge >= 0.3 is 0 Å². The minimum atomic E-state index is -0.0873. The first-order valence-electron chi connectivity index (χ1n) is 9.14. The maximum Gasteiger partial charge on any atom is 0.259 e. The van der Waals surface area contributed by atoms with E-state index in [-0.39, 0.29) is 17.5 Å². The van der Waals surface area contributed by atoms with Gasteiger partial charge in [-0.2, -0.15) is 0 Å². The molecule has 1 atom stereocenters. The van der Waals surface area contributed by atoms with E-state index in [1.165, 1.54) is 18.2 Å². The van der Waals surface area contributed by atoms with Gasteiger partial charge in [0.15, 0.2) is 0 Å². The lowest BCUT2D eigenvalue weighted by Gasteiger charge is -2.14. The van der Waals surface area contributed by atoms with Gasteiger partial charge in [-0.1, -0.05) is 26.7 Å². The molecule has 2 rings (SSSR count). The molecule has 0 saturated heterocycles. The van der Waals surface area contributed by atoms with E-state index in [0.29, 0.717) is 28.6 Å². The van der Waals surface area contributed by atoms with Crippen LogP contribution in [0, 0.1) is 19.8 Å². The van der Waals surface area contributed by atoms with Crippen LogP contribution in [-0.4, -0.2) is 27.7 Å². The second kappa shape index (κ2) is 9.55. The number of carbonyl (C=O) groups excluding carboxylic acids is 1. The third kappa shape index (κ3) is 5.84. The predicted octanol–water partition coefficient (Wildman–Crippen LogP) is 4.17. The van der Waals surface area contributed by atoms with Gasteiger partial charge < -0.3 is 10.3 Å². The van der Waals surface area contributed by atoms with Crippen molar-refractivity contribution in [3.05, 3.63) is 26.6 Å². The summed E-state index contributed by atoms with van der Waals surface area (Å²) in [7, 11) is 0. The molecule has 0 saturated carbocycles. The minimum Gasteiger partial charge on any atom is -0.353 e. The van der Waals surface area contributed by atoms with Crippen LogP contribution < -0.4 is 10.9 Å². The van der Waals surface area contributed by atoms with Crippen LogP contribution >= 0.6 is 23.1 Å². The number of aromatic amines is 1. The molecule has 2 heterocycles. The summed E-state index contributed by atoms with van der Waals surface area (Å²) in [5, 5.41) is 3.73. The highest BCUT2D eigenvalue weighted by Crippen LogP contribution is 2.26. The number of rotatable bonds is 9. The Morgan fingerprint density at radius 1 is 1.27 bits per heavy atom. The van der Waals surface area contributed by atoms with Gasteiger partial charge in [0.05, 0.1) is 16.9 Å². The summed E-state index contributed by atoms with van der Waals surface area (Å²) < 4.78 is 0. The lowest BCUT2D eigenvalue weighted by Crippen LogP contribution is -2.33. The molecule has 2 N–H and O–H groups in total. The predicted molar refractivity (Wildman–Crippen MR) is 112 cm³/mol. The maximum atomic E-state index is 12.2. The Morgan fingerprint density at radius 2 is 2.00 bits per heavy atom. The first kappa shape index (κ1) is 21.0. The first-order valence-corrected chi connectivity index (χ1v) is 11.1. The van der Waals surface area contributed by atoms with Crippen LogP contribution in [0.1, 0.15) is 56.3 Å². The van der Waals surface area contributed by atoms with Crippen LogP contribution in [-0.2, 0) is 10.5 Å². The molecule has 5 nitrogen and oxygen atoms in total. The maximum absolute atomic E-state index is 12.2. The quantitative estimate of drug-likeness (QED) is 0.668. The summed E-state index contributed by atoms with van der Waals surface area (Å²) in [6.45, 7) is 10.4. The molecule has 7 heteroatoms. The monoisotopic (exact) mass is 395 g/mol. The smallest absolute Gasteiger partial charge is 0.259 e. The van der Waals surface area contributed by atoms with Crippen LogP contribution in [0.15, 0.2) is 4.79 Å². The number of carbonyl (C=O) groups is 1. The molecule has 0 fully saturated rings. The Hall–Kier alpha value is -1.34. The average molecular weight is 396 g/mol.